The third kappa shape index (κ3) is 5.83. The zero-order chi connectivity index (χ0) is 24.3. The van der Waals surface area contributed by atoms with Crippen molar-refractivity contribution < 1.29 is 28.2 Å². The van der Waals surface area contributed by atoms with Gasteiger partial charge in [0.25, 0.3) is 11.8 Å². The van der Waals surface area contributed by atoms with Gasteiger partial charge in [0.05, 0.1) is 11.4 Å². The van der Waals surface area contributed by atoms with Crippen molar-refractivity contribution in [3.63, 3.8) is 0 Å². The maximum Gasteiger partial charge on any atom is 0.255 e. The van der Waals surface area contributed by atoms with Crippen LogP contribution in [0.3, 0.4) is 0 Å². The summed E-state index contributed by atoms with van der Waals surface area (Å²) in [4.78, 5) is 24.2. The van der Waals surface area contributed by atoms with E-state index in [1.54, 1.807) is 25.1 Å². The van der Waals surface area contributed by atoms with Crippen molar-refractivity contribution in [1.29, 1.82) is 0 Å². The second-order valence-corrected chi connectivity index (χ2v) is 7.94. The minimum Gasteiger partial charge on any atom is -0.456 e. The number of nitrogens with two attached hydrogens (primary N) is 1. The predicted molar refractivity (Wildman–Crippen MR) is 121 cm³/mol. The first-order valence-corrected chi connectivity index (χ1v) is 9.92. The number of aliphatic hydroxyl groups is 1. The number of ether oxygens (including phenoxy) is 1. The molecule has 0 aromatic heterocycles. The first-order valence-electron chi connectivity index (χ1n) is 9.92. The van der Waals surface area contributed by atoms with Crippen LogP contribution in [0.5, 0.6) is 11.5 Å². The molecular weight excluding hydrogens is 432 g/mol. The van der Waals surface area contributed by atoms with Gasteiger partial charge in [-0.2, -0.15) is 0 Å². The average Bonchev–Trinajstić information content (AvgIpc) is 2.69. The van der Waals surface area contributed by atoms with E-state index in [9.17, 15) is 23.5 Å². The van der Waals surface area contributed by atoms with Gasteiger partial charge in [-0.05, 0) is 56.7 Å². The standard InChI is InChI=1S/C24H23F2N3O4/c1-13-7-8-18(17(26)9-13)29-19-10-14(25)11-20(21(19)22(27)30)33-16-6-4-5-15(12-16)28-23(31)24(2,3)32/h4-12,29,32H,1-3H3,(H2,27,30)(H,28,31). The molecule has 0 bridgehead atoms. The van der Waals surface area contributed by atoms with Crippen LogP contribution in [0.2, 0.25) is 0 Å². The van der Waals surface area contributed by atoms with E-state index in [0.717, 1.165) is 12.1 Å². The number of anilines is 3. The highest BCUT2D eigenvalue weighted by Crippen LogP contribution is 2.34. The molecule has 7 nitrogen and oxygen atoms in total. The summed E-state index contributed by atoms with van der Waals surface area (Å²) >= 11 is 0. The Morgan fingerprint density at radius 3 is 2.39 bits per heavy atom. The van der Waals surface area contributed by atoms with Gasteiger partial charge in [0.15, 0.2) is 0 Å². The van der Waals surface area contributed by atoms with Gasteiger partial charge in [0.1, 0.15) is 34.3 Å². The Hall–Kier alpha value is -3.98. The maximum absolute atomic E-state index is 14.4. The lowest BCUT2D eigenvalue weighted by Crippen LogP contribution is -2.36. The molecule has 5 N–H and O–H groups in total. The van der Waals surface area contributed by atoms with Crippen molar-refractivity contribution in [2.24, 2.45) is 5.73 Å². The average molecular weight is 455 g/mol. The number of primary amides is 1. The fourth-order valence-corrected chi connectivity index (χ4v) is 2.93. The first-order chi connectivity index (χ1) is 15.4. The Morgan fingerprint density at radius 2 is 1.76 bits per heavy atom. The monoisotopic (exact) mass is 455 g/mol. The predicted octanol–water partition coefficient (Wildman–Crippen LogP) is 4.62. The molecule has 0 aliphatic rings. The number of nitrogens with one attached hydrogen (secondary N) is 2. The zero-order valence-corrected chi connectivity index (χ0v) is 18.2. The van der Waals surface area contributed by atoms with Crippen LogP contribution >= 0.6 is 0 Å². The molecule has 9 heteroatoms. The van der Waals surface area contributed by atoms with Crippen molar-refractivity contribution in [2.45, 2.75) is 26.4 Å². The van der Waals surface area contributed by atoms with Gasteiger partial charge in [0, 0.05) is 17.8 Å². The Labute approximate surface area is 189 Å². The van der Waals surface area contributed by atoms with Crippen molar-refractivity contribution in [3.05, 3.63) is 77.4 Å². The fraction of sp³-hybridized carbons (Fsp3) is 0.167. The first kappa shape index (κ1) is 23.7. The van der Waals surface area contributed by atoms with Crippen molar-refractivity contribution in [1.82, 2.24) is 0 Å². The summed E-state index contributed by atoms with van der Waals surface area (Å²) < 4.78 is 34.4. The smallest absolute Gasteiger partial charge is 0.255 e. The molecule has 0 atom stereocenters. The molecule has 33 heavy (non-hydrogen) atoms. The van der Waals surface area contributed by atoms with Crippen LogP contribution in [-0.4, -0.2) is 22.5 Å². The number of hydrogen-bond acceptors (Lipinski definition) is 5. The van der Waals surface area contributed by atoms with E-state index < -0.39 is 29.0 Å². The van der Waals surface area contributed by atoms with E-state index >= 15 is 0 Å². The van der Waals surface area contributed by atoms with Crippen LogP contribution in [-0.2, 0) is 4.79 Å². The molecule has 0 radical (unpaired) electrons. The van der Waals surface area contributed by atoms with Crippen LogP contribution < -0.4 is 21.1 Å². The van der Waals surface area contributed by atoms with Crippen LogP contribution in [0.4, 0.5) is 25.8 Å². The molecule has 0 unspecified atom stereocenters. The van der Waals surface area contributed by atoms with Gasteiger partial charge < -0.3 is 26.2 Å². The molecule has 0 saturated heterocycles. The number of hydrogen-bond donors (Lipinski definition) is 4. The molecule has 3 rings (SSSR count). The second kappa shape index (κ2) is 9.25. The molecule has 0 fully saturated rings. The Morgan fingerprint density at radius 1 is 1.03 bits per heavy atom. The molecule has 0 spiro atoms. The third-order valence-corrected chi connectivity index (χ3v) is 4.58. The zero-order valence-electron chi connectivity index (χ0n) is 18.2. The van der Waals surface area contributed by atoms with Gasteiger partial charge in [0.2, 0.25) is 0 Å². The van der Waals surface area contributed by atoms with Gasteiger partial charge in [-0.1, -0.05) is 12.1 Å². The van der Waals surface area contributed by atoms with E-state index in [4.69, 9.17) is 10.5 Å². The van der Waals surface area contributed by atoms with Crippen LogP contribution in [0.25, 0.3) is 0 Å². The van der Waals surface area contributed by atoms with Gasteiger partial charge in [-0.3, -0.25) is 9.59 Å². The third-order valence-electron chi connectivity index (χ3n) is 4.58. The lowest BCUT2D eigenvalue weighted by molar-refractivity contribution is -0.130. The largest absolute Gasteiger partial charge is 0.456 e. The molecule has 172 valence electrons. The molecule has 0 aliphatic heterocycles. The Kier molecular flexibility index (Phi) is 6.64. The normalized spacial score (nSPS) is 11.1. The highest BCUT2D eigenvalue weighted by atomic mass is 19.1. The summed E-state index contributed by atoms with van der Waals surface area (Å²) in [5.41, 5.74) is 4.66. The summed E-state index contributed by atoms with van der Waals surface area (Å²) in [5, 5.41) is 15.0. The van der Waals surface area contributed by atoms with E-state index in [1.165, 1.54) is 38.1 Å². The minimum absolute atomic E-state index is 0.0241. The van der Waals surface area contributed by atoms with E-state index in [0.29, 0.717) is 11.3 Å². The number of aryl methyl sites for hydroxylation is 1. The van der Waals surface area contributed by atoms with Gasteiger partial charge in [-0.15, -0.1) is 0 Å². The summed E-state index contributed by atoms with van der Waals surface area (Å²) in [6, 6.07) is 12.4. The summed E-state index contributed by atoms with van der Waals surface area (Å²) in [6.07, 6.45) is 0. The lowest BCUT2D eigenvalue weighted by atomic mass is 10.1. The summed E-state index contributed by atoms with van der Waals surface area (Å²) in [5.74, 6) is -2.96. The van der Waals surface area contributed by atoms with E-state index in [2.05, 4.69) is 10.6 Å². The lowest BCUT2D eigenvalue weighted by Gasteiger charge is -2.18. The van der Waals surface area contributed by atoms with E-state index in [-0.39, 0.29) is 28.4 Å². The molecular formula is C24H23F2N3O4. The topological polar surface area (TPSA) is 114 Å². The SMILES string of the molecule is Cc1ccc(Nc2cc(F)cc(Oc3cccc(NC(=O)C(C)(C)O)c3)c2C(N)=O)c(F)c1. The van der Waals surface area contributed by atoms with Crippen molar-refractivity contribution in [2.75, 3.05) is 10.6 Å². The highest BCUT2D eigenvalue weighted by molar-refractivity contribution is 6.02. The Balaban J connectivity index is 1.96. The number of rotatable bonds is 7. The van der Waals surface area contributed by atoms with Gasteiger partial charge >= 0.3 is 0 Å². The van der Waals surface area contributed by atoms with Crippen LogP contribution in [0.1, 0.15) is 29.8 Å². The van der Waals surface area contributed by atoms with Crippen LogP contribution in [0.15, 0.2) is 54.6 Å². The molecule has 0 aliphatic carbocycles. The van der Waals surface area contributed by atoms with Gasteiger partial charge in [-0.25, -0.2) is 8.78 Å². The molecule has 3 aromatic carbocycles. The second-order valence-electron chi connectivity index (χ2n) is 7.94. The molecule has 0 heterocycles. The molecule has 2 amide bonds. The highest BCUT2D eigenvalue weighted by Gasteiger charge is 2.24. The quantitative estimate of drug-likeness (QED) is 0.415. The number of benzene rings is 3. The van der Waals surface area contributed by atoms with Crippen molar-refractivity contribution in [3.8, 4) is 11.5 Å². The van der Waals surface area contributed by atoms with Crippen molar-refractivity contribution >= 4 is 28.9 Å². The number of carbonyl (C=O) groups is 2. The molecule has 3 aromatic rings. The number of halogens is 2. The number of carbonyl (C=O) groups excluding carboxylic acids is 2. The summed E-state index contributed by atoms with van der Waals surface area (Å²) in [7, 11) is 0. The number of amides is 2. The Bertz CT molecular complexity index is 1220. The van der Waals surface area contributed by atoms with Crippen LogP contribution in [0, 0.1) is 18.6 Å². The maximum atomic E-state index is 14.4. The minimum atomic E-state index is -1.61. The summed E-state index contributed by atoms with van der Waals surface area (Å²) in [6.45, 7) is 4.38. The fourth-order valence-electron chi connectivity index (χ4n) is 2.93. The molecule has 0 saturated carbocycles. The van der Waals surface area contributed by atoms with E-state index in [1.807, 2.05) is 0 Å².